The van der Waals surface area contributed by atoms with Crippen LogP contribution >= 0.6 is 11.6 Å². The van der Waals surface area contributed by atoms with Crippen LogP contribution in [0.25, 0.3) is 0 Å². The number of unbranched alkanes of at least 4 members (excludes halogenated alkanes) is 2. The number of amides is 2. The molecule has 92 valence electrons. The van der Waals surface area contributed by atoms with Crippen LogP contribution in [0, 0.1) is 0 Å². The third-order valence-electron chi connectivity index (χ3n) is 2.80. The Kier molecular flexibility index (Phi) is 5.60. The van der Waals surface area contributed by atoms with Crippen LogP contribution < -0.4 is 0 Å². The highest BCUT2D eigenvalue weighted by atomic mass is 35.5. The van der Waals surface area contributed by atoms with Gasteiger partial charge < -0.3 is 9.80 Å². The van der Waals surface area contributed by atoms with E-state index in [9.17, 15) is 9.59 Å². The van der Waals surface area contributed by atoms with Crippen molar-refractivity contribution in [3.8, 4) is 0 Å². The molecule has 0 bridgehead atoms. The van der Waals surface area contributed by atoms with Crippen molar-refractivity contribution in [2.24, 2.45) is 0 Å². The van der Waals surface area contributed by atoms with Crippen molar-refractivity contribution in [3.63, 3.8) is 0 Å². The topological polar surface area (TPSA) is 40.6 Å². The molecule has 1 aliphatic rings. The van der Waals surface area contributed by atoms with Crippen molar-refractivity contribution in [3.05, 3.63) is 0 Å². The van der Waals surface area contributed by atoms with Gasteiger partial charge in [-0.25, -0.2) is 0 Å². The first-order chi connectivity index (χ1) is 7.69. The molecule has 0 aromatic carbocycles. The molecule has 0 saturated carbocycles. The van der Waals surface area contributed by atoms with Gasteiger partial charge in [-0.3, -0.25) is 9.59 Å². The number of hydrogen-bond donors (Lipinski definition) is 0. The molecular formula is C11H19ClN2O2. The lowest BCUT2D eigenvalue weighted by atomic mass is 10.2. The van der Waals surface area contributed by atoms with E-state index in [0.29, 0.717) is 19.0 Å². The lowest BCUT2D eigenvalue weighted by Crippen LogP contribution is -2.53. The first-order valence-electron chi connectivity index (χ1n) is 5.80. The number of halogens is 1. The number of carbonyl (C=O) groups excluding carboxylic acids is 2. The molecule has 2 amide bonds. The van der Waals surface area contributed by atoms with E-state index >= 15 is 0 Å². The Balaban J connectivity index is 2.32. The van der Waals surface area contributed by atoms with Gasteiger partial charge in [-0.2, -0.15) is 0 Å². The fourth-order valence-corrected chi connectivity index (χ4v) is 1.96. The zero-order chi connectivity index (χ0) is 12.0. The highest BCUT2D eigenvalue weighted by Gasteiger charge is 2.27. The molecule has 1 saturated heterocycles. The minimum atomic E-state index is 0.0550. The van der Waals surface area contributed by atoms with Crippen LogP contribution in [0.2, 0.25) is 0 Å². The second-order valence-electron chi connectivity index (χ2n) is 3.97. The maximum atomic E-state index is 11.7. The maximum absolute atomic E-state index is 11.7. The first kappa shape index (κ1) is 13.3. The van der Waals surface area contributed by atoms with Crippen LogP contribution in [0.15, 0.2) is 0 Å². The Bertz CT molecular complexity index is 258. The average Bonchev–Trinajstić information content (AvgIpc) is 2.28. The summed E-state index contributed by atoms with van der Waals surface area (Å²) in [4.78, 5) is 26.5. The van der Waals surface area contributed by atoms with Crippen molar-refractivity contribution in [1.29, 1.82) is 0 Å². The molecule has 0 aliphatic carbocycles. The molecule has 16 heavy (non-hydrogen) atoms. The van der Waals surface area contributed by atoms with Crippen LogP contribution in [-0.2, 0) is 9.59 Å². The zero-order valence-corrected chi connectivity index (χ0v) is 10.5. The molecule has 0 aromatic heterocycles. The van der Waals surface area contributed by atoms with Gasteiger partial charge in [0.05, 0.1) is 13.1 Å². The largest absolute Gasteiger partial charge is 0.332 e. The van der Waals surface area contributed by atoms with Crippen LogP contribution in [0.1, 0.15) is 26.2 Å². The quantitative estimate of drug-likeness (QED) is 0.520. The third kappa shape index (κ3) is 3.67. The summed E-state index contributed by atoms with van der Waals surface area (Å²) >= 11 is 5.57. The monoisotopic (exact) mass is 246 g/mol. The van der Waals surface area contributed by atoms with E-state index in [2.05, 4.69) is 0 Å². The summed E-state index contributed by atoms with van der Waals surface area (Å²) < 4.78 is 0. The van der Waals surface area contributed by atoms with Gasteiger partial charge in [0.15, 0.2) is 0 Å². The fourth-order valence-electron chi connectivity index (χ4n) is 1.77. The average molecular weight is 247 g/mol. The molecule has 0 radical (unpaired) electrons. The van der Waals surface area contributed by atoms with Gasteiger partial charge in [-0.05, 0) is 19.8 Å². The predicted octanol–water partition coefficient (Wildman–Crippen LogP) is 1.09. The van der Waals surface area contributed by atoms with Crippen molar-refractivity contribution in [1.82, 2.24) is 9.80 Å². The lowest BCUT2D eigenvalue weighted by Gasteiger charge is -2.33. The van der Waals surface area contributed by atoms with Crippen molar-refractivity contribution >= 4 is 23.4 Å². The number of likely N-dealkylation sites (N-methyl/N-ethyl adjacent to an activating group) is 1. The summed E-state index contributed by atoms with van der Waals surface area (Å²) in [5, 5.41) is 0. The number of rotatable bonds is 6. The molecule has 1 rings (SSSR count). The zero-order valence-electron chi connectivity index (χ0n) is 9.75. The molecule has 1 heterocycles. The molecule has 0 aromatic rings. The number of carbonyl (C=O) groups is 2. The van der Waals surface area contributed by atoms with E-state index < -0.39 is 0 Å². The number of hydrogen-bond acceptors (Lipinski definition) is 2. The smallest absolute Gasteiger partial charge is 0.242 e. The maximum Gasteiger partial charge on any atom is 0.242 e. The predicted molar refractivity (Wildman–Crippen MR) is 63.4 cm³/mol. The molecule has 0 N–H and O–H groups in total. The van der Waals surface area contributed by atoms with Crippen molar-refractivity contribution in [2.75, 3.05) is 32.1 Å². The fraction of sp³-hybridized carbons (Fsp3) is 0.818. The van der Waals surface area contributed by atoms with Crippen LogP contribution in [0.5, 0.6) is 0 Å². The second-order valence-corrected chi connectivity index (χ2v) is 4.35. The molecule has 0 spiro atoms. The first-order valence-corrected chi connectivity index (χ1v) is 6.34. The minimum Gasteiger partial charge on any atom is -0.332 e. The van der Waals surface area contributed by atoms with Gasteiger partial charge in [0.25, 0.3) is 0 Å². The van der Waals surface area contributed by atoms with Crippen LogP contribution in [-0.4, -0.2) is 53.7 Å². The highest BCUT2D eigenvalue weighted by Crippen LogP contribution is 2.07. The van der Waals surface area contributed by atoms with Crippen molar-refractivity contribution < 1.29 is 9.59 Å². The third-order valence-corrected chi connectivity index (χ3v) is 3.07. The lowest BCUT2D eigenvalue weighted by molar-refractivity contribution is -0.149. The van der Waals surface area contributed by atoms with Gasteiger partial charge in [-0.1, -0.05) is 6.42 Å². The Morgan fingerprint density at radius 1 is 1.06 bits per heavy atom. The van der Waals surface area contributed by atoms with Gasteiger partial charge in [0, 0.05) is 19.0 Å². The normalized spacial score (nSPS) is 17.1. The van der Waals surface area contributed by atoms with E-state index in [1.54, 1.807) is 9.80 Å². The molecule has 0 atom stereocenters. The SMILES string of the molecule is CCN1CC(=O)N(CCCCCCl)CC1=O. The summed E-state index contributed by atoms with van der Waals surface area (Å²) in [5.74, 6) is 0.781. The summed E-state index contributed by atoms with van der Waals surface area (Å²) in [6.45, 7) is 3.67. The molecule has 1 fully saturated rings. The van der Waals surface area contributed by atoms with Crippen LogP contribution in [0.4, 0.5) is 0 Å². The van der Waals surface area contributed by atoms with E-state index in [0.717, 1.165) is 19.3 Å². The van der Waals surface area contributed by atoms with Gasteiger partial charge in [-0.15, -0.1) is 11.6 Å². The summed E-state index contributed by atoms with van der Waals surface area (Å²) in [6.07, 6.45) is 2.91. The molecule has 4 nitrogen and oxygen atoms in total. The van der Waals surface area contributed by atoms with E-state index in [1.165, 1.54) is 0 Å². The summed E-state index contributed by atoms with van der Waals surface area (Å²) in [7, 11) is 0. The molecule has 5 heteroatoms. The number of piperazine rings is 1. The summed E-state index contributed by atoms with van der Waals surface area (Å²) in [5.41, 5.74) is 0. The molecule has 1 aliphatic heterocycles. The highest BCUT2D eigenvalue weighted by molar-refractivity contribution is 6.17. The van der Waals surface area contributed by atoms with Gasteiger partial charge in [0.1, 0.15) is 0 Å². The van der Waals surface area contributed by atoms with Crippen molar-refractivity contribution in [2.45, 2.75) is 26.2 Å². The standard InChI is InChI=1S/C11H19ClN2O2/c1-2-13-8-11(16)14(9-10(13)15)7-5-3-4-6-12/h2-9H2,1H3. The van der Waals surface area contributed by atoms with E-state index in [4.69, 9.17) is 11.6 Å². The second kappa shape index (κ2) is 6.74. The Morgan fingerprint density at radius 2 is 1.69 bits per heavy atom. The summed E-state index contributed by atoms with van der Waals surface area (Å²) in [6, 6.07) is 0. The van der Waals surface area contributed by atoms with Gasteiger partial charge in [0.2, 0.25) is 11.8 Å². The minimum absolute atomic E-state index is 0.0550. The number of nitrogens with zero attached hydrogens (tertiary/aromatic N) is 2. The number of alkyl halides is 1. The Labute approximate surface area is 102 Å². The molecular weight excluding hydrogens is 228 g/mol. The van der Waals surface area contributed by atoms with Crippen LogP contribution in [0.3, 0.4) is 0 Å². The van der Waals surface area contributed by atoms with E-state index in [1.807, 2.05) is 6.92 Å². The Hall–Kier alpha value is -0.770. The molecule has 0 unspecified atom stereocenters. The Morgan fingerprint density at radius 3 is 2.31 bits per heavy atom. The van der Waals surface area contributed by atoms with Gasteiger partial charge >= 0.3 is 0 Å². The van der Waals surface area contributed by atoms with E-state index in [-0.39, 0.29) is 24.9 Å².